The standard InChI is InChI=1S/C15H15ClF2N2S/c16-14-5-4-10(7-15(14)18)6-12(20-19)9-21-13-3-1-2-11(17)8-13/h1-5,7-8,12,20H,6,9,19H2. The van der Waals surface area contributed by atoms with Crippen molar-refractivity contribution in [3.8, 4) is 0 Å². The number of nitrogens with one attached hydrogen (secondary N) is 1. The summed E-state index contributed by atoms with van der Waals surface area (Å²) in [6, 6.07) is 11.0. The van der Waals surface area contributed by atoms with Crippen LogP contribution in [0.5, 0.6) is 0 Å². The van der Waals surface area contributed by atoms with Gasteiger partial charge in [0.25, 0.3) is 0 Å². The minimum atomic E-state index is -0.442. The molecule has 2 rings (SSSR count). The van der Waals surface area contributed by atoms with E-state index < -0.39 is 5.82 Å². The van der Waals surface area contributed by atoms with Gasteiger partial charge in [-0.15, -0.1) is 11.8 Å². The first-order chi connectivity index (χ1) is 10.1. The van der Waals surface area contributed by atoms with Crippen LogP contribution in [-0.4, -0.2) is 11.8 Å². The molecule has 3 N–H and O–H groups in total. The Balaban J connectivity index is 1.95. The first-order valence-corrected chi connectivity index (χ1v) is 7.73. The van der Waals surface area contributed by atoms with E-state index >= 15 is 0 Å². The predicted octanol–water partition coefficient (Wildman–Crippen LogP) is 3.78. The van der Waals surface area contributed by atoms with Gasteiger partial charge >= 0.3 is 0 Å². The van der Waals surface area contributed by atoms with Crippen LogP contribution >= 0.6 is 23.4 Å². The molecule has 0 aliphatic carbocycles. The lowest BCUT2D eigenvalue weighted by molar-refractivity contribution is 0.570. The van der Waals surface area contributed by atoms with Crippen LogP contribution in [0.3, 0.4) is 0 Å². The Morgan fingerprint density at radius 1 is 1.19 bits per heavy atom. The smallest absolute Gasteiger partial charge is 0.142 e. The van der Waals surface area contributed by atoms with Crippen LogP contribution in [0.25, 0.3) is 0 Å². The fraction of sp³-hybridized carbons (Fsp3) is 0.200. The SMILES string of the molecule is NNC(CSc1cccc(F)c1)Cc1ccc(Cl)c(F)c1. The van der Waals surface area contributed by atoms with Gasteiger partial charge in [-0.1, -0.05) is 23.7 Å². The number of hydrazine groups is 1. The molecule has 0 aliphatic heterocycles. The molecule has 0 fully saturated rings. The molecule has 0 heterocycles. The van der Waals surface area contributed by atoms with Gasteiger partial charge in [-0.2, -0.15) is 0 Å². The van der Waals surface area contributed by atoms with Crippen molar-refractivity contribution in [2.24, 2.45) is 5.84 Å². The highest BCUT2D eigenvalue weighted by Crippen LogP contribution is 2.21. The lowest BCUT2D eigenvalue weighted by Gasteiger charge is -2.15. The largest absolute Gasteiger partial charge is 0.271 e. The zero-order chi connectivity index (χ0) is 15.2. The molecule has 0 radical (unpaired) electrons. The number of halogens is 3. The third-order valence-electron chi connectivity index (χ3n) is 2.95. The first kappa shape index (κ1) is 16.2. The van der Waals surface area contributed by atoms with Crippen molar-refractivity contribution in [2.45, 2.75) is 17.4 Å². The van der Waals surface area contributed by atoms with Gasteiger partial charge in [-0.05, 0) is 42.3 Å². The molecule has 0 saturated carbocycles. The summed E-state index contributed by atoms with van der Waals surface area (Å²) in [5.74, 6) is 5.46. The molecular weight excluding hydrogens is 314 g/mol. The Hall–Kier alpha value is -1.14. The van der Waals surface area contributed by atoms with E-state index in [-0.39, 0.29) is 16.9 Å². The average Bonchev–Trinajstić information content (AvgIpc) is 2.47. The number of hydrogen-bond donors (Lipinski definition) is 2. The highest BCUT2D eigenvalue weighted by molar-refractivity contribution is 7.99. The maximum atomic E-state index is 13.4. The molecule has 6 heteroatoms. The summed E-state index contributed by atoms with van der Waals surface area (Å²) in [4.78, 5) is 0.831. The number of hydrogen-bond acceptors (Lipinski definition) is 3. The molecule has 2 aromatic rings. The minimum absolute atomic E-state index is 0.0566. The van der Waals surface area contributed by atoms with Crippen molar-refractivity contribution >= 4 is 23.4 Å². The van der Waals surface area contributed by atoms with E-state index in [0.717, 1.165) is 10.5 Å². The van der Waals surface area contributed by atoms with Gasteiger partial charge in [0.1, 0.15) is 11.6 Å². The normalized spacial score (nSPS) is 12.4. The van der Waals surface area contributed by atoms with E-state index in [4.69, 9.17) is 17.4 Å². The van der Waals surface area contributed by atoms with E-state index in [2.05, 4.69) is 5.43 Å². The molecule has 0 saturated heterocycles. The summed E-state index contributed by atoms with van der Waals surface area (Å²) >= 11 is 7.14. The highest BCUT2D eigenvalue weighted by atomic mass is 35.5. The number of benzene rings is 2. The Morgan fingerprint density at radius 2 is 2.00 bits per heavy atom. The van der Waals surface area contributed by atoms with Crippen molar-refractivity contribution in [1.82, 2.24) is 5.43 Å². The Bertz CT molecular complexity index is 610. The third kappa shape index (κ3) is 4.97. The maximum absolute atomic E-state index is 13.4. The summed E-state index contributed by atoms with van der Waals surface area (Å²) < 4.78 is 26.5. The van der Waals surface area contributed by atoms with Gasteiger partial charge in [0.05, 0.1) is 5.02 Å². The second-order valence-corrected chi connectivity index (χ2v) is 6.09. The van der Waals surface area contributed by atoms with Gasteiger partial charge in [0.2, 0.25) is 0 Å². The van der Waals surface area contributed by atoms with E-state index in [1.165, 1.54) is 36.0 Å². The van der Waals surface area contributed by atoms with Gasteiger partial charge in [0.15, 0.2) is 0 Å². The Labute approximate surface area is 131 Å². The topological polar surface area (TPSA) is 38.0 Å². The van der Waals surface area contributed by atoms with Crippen LogP contribution in [0.15, 0.2) is 47.4 Å². The minimum Gasteiger partial charge on any atom is -0.271 e. The van der Waals surface area contributed by atoms with Gasteiger partial charge in [0, 0.05) is 16.7 Å². The molecule has 0 aliphatic rings. The molecule has 0 bridgehead atoms. The molecular formula is C15H15ClF2N2S. The van der Waals surface area contributed by atoms with Crippen molar-refractivity contribution < 1.29 is 8.78 Å². The Morgan fingerprint density at radius 3 is 2.67 bits per heavy atom. The molecule has 112 valence electrons. The second-order valence-electron chi connectivity index (χ2n) is 4.58. The Kier molecular flexibility index (Phi) is 5.99. The molecule has 0 amide bonds. The van der Waals surface area contributed by atoms with Gasteiger partial charge in [-0.3, -0.25) is 11.3 Å². The molecule has 0 spiro atoms. The lowest BCUT2D eigenvalue weighted by Crippen LogP contribution is -2.38. The van der Waals surface area contributed by atoms with Crippen molar-refractivity contribution in [2.75, 3.05) is 5.75 Å². The summed E-state index contributed by atoms with van der Waals surface area (Å²) in [6.45, 7) is 0. The lowest BCUT2D eigenvalue weighted by atomic mass is 10.1. The van der Waals surface area contributed by atoms with Crippen molar-refractivity contribution in [3.05, 3.63) is 64.7 Å². The second kappa shape index (κ2) is 7.75. The quantitative estimate of drug-likeness (QED) is 0.481. The van der Waals surface area contributed by atoms with Crippen LogP contribution in [0, 0.1) is 11.6 Å². The molecule has 2 nitrogen and oxygen atoms in total. The summed E-state index contributed by atoms with van der Waals surface area (Å²) in [5.41, 5.74) is 3.50. The molecule has 21 heavy (non-hydrogen) atoms. The monoisotopic (exact) mass is 328 g/mol. The molecule has 1 atom stereocenters. The average molecular weight is 329 g/mol. The van der Waals surface area contributed by atoms with Crippen LogP contribution in [0.4, 0.5) is 8.78 Å². The third-order valence-corrected chi connectivity index (χ3v) is 4.41. The fourth-order valence-electron chi connectivity index (χ4n) is 1.87. The summed E-state index contributed by atoms with van der Waals surface area (Å²) in [5, 5.41) is 0.102. The van der Waals surface area contributed by atoms with Crippen LogP contribution in [0.1, 0.15) is 5.56 Å². The maximum Gasteiger partial charge on any atom is 0.142 e. The van der Waals surface area contributed by atoms with Crippen LogP contribution < -0.4 is 11.3 Å². The number of rotatable bonds is 6. The van der Waals surface area contributed by atoms with Crippen LogP contribution in [0.2, 0.25) is 5.02 Å². The van der Waals surface area contributed by atoms with E-state index in [1.807, 2.05) is 6.07 Å². The molecule has 1 unspecified atom stereocenters. The molecule has 0 aromatic heterocycles. The van der Waals surface area contributed by atoms with Crippen LogP contribution in [-0.2, 0) is 6.42 Å². The first-order valence-electron chi connectivity index (χ1n) is 6.37. The van der Waals surface area contributed by atoms with Crippen molar-refractivity contribution in [1.29, 1.82) is 0 Å². The van der Waals surface area contributed by atoms with Crippen molar-refractivity contribution in [3.63, 3.8) is 0 Å². The predicted molar refractivity (Wildman–Crippen MR) is 83.3 cm³/mol. The highest BCUT2D eigenvalue weighted by Gasteiger charge is 2.10. The zero-order valence-corrected chi connectivity index (χ0v) is 12.7. The zero-order valence-electron chi connectivity index (χ0n) is 11.2. The summed E-state index contributed by atoms with van der Waals surface area (Å²) in [7, 11) is 0. The molecule has 2 aromatic carbocycles. The van der Waals surface area contributed by atoms with E-state index in [1.54, 1.807) is 12.1 Å². The van der Waals surface area contributed by atoms with Gasteiger partial charge < -0.3 is 0 Å². The van der Waals surface area contributed by atoms with E-state index in [9.17, 15) is 8.78 Å². The van der Waals surface area contributed by atoms with E-state index in [0.29, 0.717) is 12.2 Å². The number of nitrogens with two attached hydrogens (primary N) is 1. The number of thioether (sulfide) groups is 1. The summed E-state index contributed by atoms with van der Waals surface area (Å²) in [6.07, 6.45) is 0.562. The fourth-order valence-corrected chi connectivity index (χ4v) is 2.97. The van der Waals surface area contributed by atoms with Gasteiger partial charge in [-0.25, -0.2) is 8.78 Å².